The van der Waals surface area contributed by atoms with E-state index in [1.807, 2.05) is 80.6 Å². The summed E-state index contributed by atoms with van der Waals surface area (Å²) in [6.07, 6.45) is -1.49. The summed E-state index contributed by atoms with van der Waals surface area (Å²) in [4.78, 5) is 4.94. The quantitative estimate of drug-likeness (QED) is 0.281. The highest BCUT2D eigenvalue weighted by molar-refractivity contribution is 5.92. The highest BCUT2D eigenvalue weighted by atomic mass is 16.5. The second-order valence-corrected chi connectivity index (χ2v) is 8.73. The van der Waals surface area contributed by atoms with E-state index < -0.39 is 6.37 Å². The molecule has 2 nitrogen and oxygen atoms in total. The van der Waals surface area contributed by atoms with Crippen molar-refractivity contribution in [2.75, 3.05) is 0 Å². The van der Waals surface area contributed by atoms with Gasteiger partial charge in [-0.25, -0.2) is 4.98 Å². The van der Waals surface area contributed by atoms with E-state index in [0.29, 0.717) is 5.56 Å². The molecule has 0 spiro atoms. The van der Waals surface area contributed by atoms with E-state index in [2.05, 4.69) is 30.3 Å². The first-order chi connectivity index (χ1) is 16.9. The summed E-state index contributed by atoms with van der Waals surface area (Å²) in [6.45, 7) is 3.84. The zero-order chi connectivity index (χ0) is 24.2. The van der Waals surface area contributed by atoms with Crippen LogP contribution in [-0.4, -0.2) is 4.98 Å². The van der Waals surface area contributed by atoms with Gasteiger partial charge in [0.15, 0.2) is 0 Å². The van der Waals surface area contributed by atoms with Gasteiger partial charge in [0.2, 0.25) is 0 Å². The minimum atomic E-state index is -1.49. The largest absolute Gasteiger partial charge is 0.456 e. The van der Waals surface area contributed by atoms with Crippen molar-refractivity contribution in [1.82, 2.24) is 4.98 Å². The van der Waals surface area contributed by atoms with Crippen molar-refractivity contribution in [2.45, 2.75) is 20.2 Å². The Labute approximate surface area is 197 Å². The van der Waals surface area contributed by atoms with Crippen molar-refractivity contribution < 1.29 is 7.48 Å². The lowest BCUT2D eigenvalue weighted by Gasteiger charge is -2.14. The van der Waals surface area contributed by atoms with Gasteiger partial charge in [-0.15, -0.1) is 0 Å². The van der Waals surface area contributed by atoms with Gasteiger partial charge in [0.1, 0.15) is 11.5 Å². The number of aromatic nitrogens is 1. The van der Waals surface area contributed by atoms with Crippen LogP contribution in [0.3, 0.4) is 0 Å². The first-order valence-corrected chi connectivity index (χ1v) is 11.3. The van der Waals surface area contributed by atoms with Gasteiger partial charge in [-0.05, 0) is 65.4 Å². The molecular weight excluding hydrogens is 402 g/mol. The van der Waals surface area contributed by atoms with Crippen molar-refractivity contribution in [3.8, 4) is 45.0 Å². The summed E-state index contributed by atoms with van der Waals surface area (Å²) in [5.41, 5.74) is 7.45. The van der Waals surface area contributed by atoms with Gasteiger partial charge in [0.25, 0.3) is 0 Å². The lowest BCUT2D eigenvalue weighted by molar-refractivity contribution is 0.488. The van der Waals surface area contributed by atoms with Gasteiger partial charge in [-0.2, -0.15) is 0 Å². The van der Waals surface area contributed by atoms with Gasteiger partial charge in [-0.3, -0.25) is 0 Å². The van der Waals surface area contributed by atoms with E-state index in [1.54, 1.807) is 0 Å². The van der Waals surface area contributed by atoms with Crippen LogP contribution in [0.25, 0.3) is 44.4 Å². The van der Waals surface area contributed by atoms with Crippen molar-refractivity contribution in [3.05, 3.63) is 103 Å². The van der Waals surface area contributed by atoms with Gasteiger partial charge >= 0.3 is 0 Å². The molecule has 0 aliphatic carbocycles. The van der Waals surface area contributed by atoms with Crippen LogP contribution in [-0.2, 0) is 6.37 Å². The molecule has 2 heteroatoms. The van der Waals surface area contributed by atoms with Gasteiger partial charge < -0.3 is 4.74 Å². The topological polar surface area (TPSA) is 22.1 Å². The Balaban J connectivity index is 1.58. The summed E-state index contributed by atoms with van der Waals surface area (Å²) >= 11 is 0. The number of rotatable bonds is 3. The van der Waals surface area contributed by atoms with Crippen molar-refractivity contribution in [3.63, 3.8) is 0 Å². The lowest BCUT2D eigenvalue weighted by Crippen LogP contribution is -1.98. The third-order valence-corrected chi connectivity index (χ3v) is 6.05. The van der Waals surface area contributed by atoms with Crippen molar-refractivity contribution in [1.29, 1.82) is 0 Å². The van der Waals surface area contributed by atoms with Gasteiger partial charge in [-0.1, -0.05) is 74.5 Å². The fourth-order valence-corrected chi connectivity index (χ4v) is 4.59. The Morgan fingerprint density at radius 3 is 2.21 bits per heavy atom. The smallest absolute Gasteiger partial charge is 0.135 e. The molecule has 0 saturated carbocycles. The van der Waals surface area contributed by atoms with Crippen LogP contribution in [0.5, 0.6) is 11.5 Å². The van der Waals surface area contributed by atoms with Crippen LogP contribution in [0.1, 0.15) is 22.2 Å². The van der Waals surface area contributed by atoms with Crippen molar-refractivity contribution in [2.24, 2.45) is 5.92 Å². The van der Waals surface area contributed by atoms with E-state index in [9.17, 15) is 0 Å². The molecule has 4 aromatic carbocycles. The summed E-state index contributed by atoms with van der Waals surface area (Å²) < 4.78 is 24.0. The minimum absolute atomic E-state index is 0.174. The Kier molecular flexibility index (Phi) is 4.22. The van der Waals surface area contributed by atoms with E-state index >= 15 is 0 Å². The van der Waals surface area contributed by atoms with Gasteiger partial charge in [0, 0.05) is 24.8 Å². The van der Waals surface area contributed by atoms with Crippen LogP contribution in [0.15, 0.2) is 97.1 Å². The summed E-state index contributed by atoms with van der Waals surface area (Å²) in [5.74, 6) is 1.46. The predicted molar refractivity (Wildman–Crippen MR) is 137 cm³/mol. The Bertz CT molecular complexity index is 1590. The fraction of sp³-hybridized carbons (Fsp3) is 0.129. The highest BCUT2D eigenvalue weighted by Gasteiger charge is 2.21. The first kappa shape index (κ1) is 17.6. The molecule has 0 unspecified atom stereocenters. The maximum Gasteiger partial charge on any atom is 0.135 e. The molecule has 33 heavy (non-hydrogen) atoms. The molecule has 5 aromatic rings. The Morgan fingerprint density at radius 1 is 0.727 bits per heavy atom. The van der Waals surface area contributed by atoms with Crippen LogP contribution in [0, 0.1) is 5.92 Å². The van der Waals surface area contributed by atoms with E-state index in [-0.39, 0.29) is 5.92 Å². The van der Waals surface area contributed by atoms with E-state index in [0.717, 1.165) is 55.9 Å². The Hall–Kier alpha value is -3.91. The molecule has 0 amide bonds. The zero-order valence-corrected chi connectivity index (χ0v) is 18.7. The molecule has 1 aromatic heterocycles. The molecule has 160 valence electrons. The van der Waals surface area contributed by atoms with Crippen LogP contribution >= 0.6 is 0 Å². The zero-order valence-electron chi connectivity index (χ0n) is 20.7. The second kappa shape index (κ2) is 7.90. The number of hydrogen-bond donors (Lipinski definition) is 0. The van der Waals surface area contributed by atoms with Crippen LogP contribution < -0.4 is 4.74 Å². The lowest BCUT2D eigenvalue weighted by atomic mass is 9.92. The third-order valence-electron chi connectivity index (χ3n) is 6.05. The fourth-order valence-electron chi connectivity index (χ4n) is 4.59. The predicted octanol–water partition coefficient (Wildman–Crippen LogP) is 8.54. The number of fused-ring (bicyclic) bond motifs is 6. The van der Waals surface area contributed by atoms with Crippen LogP contribution in [0.4, 0.5) is 0 Å². The number of pyridine rings is 1. The molecular formula is C31H25NO. The minimum Gasteiger partial charge on any atom is -0.456 e. The average molecular weight is 430 g/mol. The number of ether oxygens (including phenoxy) is 1. The molecule has 1 aliphatic heterocycles. The normalized spacial score (nSPS) is 13.3. The maximum atomic E-state index is 8.83. The molecule has 0 bridgehead atoms. The number of nitrogens with zero attached hydrogens (tertiary/aromatic N) is 1. The third kappa shape index (κ3) is 3.48. The standard InChI is InChI=1S/C31H25NO/c1-20(2)17-22-19-29(32-28-13-7-5-9-23(22)28)21-15-16-31-27(18-21)25-11-4-3-10-24(25)26-12-6-8-14-30(26)33-31/h3-16,18-20H,17H2,1-2H3/i17D2. The molecule has 0 saturated heterocycles. The average Bonchev–Trinajstić information content (AvgIpc) is 3.02. The second-order valence-electron chi connectivity index (χ2n) is 8.73. The highest BCUT2D eigenvalue weighted by Crippen LogP contribution is 2.47. The first-order valence-electron chi connectivity index (χ1n) is 12.3. The molecule has 2 heterocycles. The maximum absolute atomic E-state index is 8.83. The SMILES string of the molecule is [2H]C([2H])(c1cc(-c2ccc3c(c2)-c2ccccc2-c2ccccc2O3)nc2ccccc12)C(C)C. The number of para-hydroxylation sites is 2. The van der Waals surface area contributed by atoms with E-state index in [4.69, 9.17) is 12.5 Å². The summed E-state index contributed by atoms with van der Waals surface area (Å²) in [7, 11) is 0. The molecule has 1 aliphatic rings. The van der Waals surface area contributed by atoms with Gasteiger partial charge in [0.05, 0.1) is 11.2 Å². The Morgan fingerprint density at radius 2 is 1.39 bits per heavy atom. The number of hydrogen-bond acceptors (Lipinski definition) is 2. The van der Waals surface area contributed by atoms with Crippen molar-refractivity contribution >= 4 is 10.9 Å². The monoisotopic (exact) mass is 429 g/mol. The molecule has 0 radical (unpaired) electrons. The summed E-state index contributed by atoms with van der Waals surface area (Å²) in [5, 5.41) is 0.855. The molecule has 0 N–H and O–H groups in total. The molecule has 6 rings (SSSR count). The van der Waals surface area contributed by atoms with Crippen LogP contribution in [0.2, 0.25) is 0 Å². The summed E-state index contributed by atoms with van der Waals surface area (Å²) in [6, 6.07) is 32.3. The van der Waals surface area contributed by atoms with E-state index in [1.165, 1.54) is 0 Å². The molecule has 0 fully saturated rings. The number of benzene rings is 4. The molecule has 0 atom stereocenters.